The molecule has 2 unspecified atom stereocenters. The van der Waals surface area contributed by atoms with Gasteiger partial charge in [0.25, 0.3) is 0 Å². The van der Waals surface area contributed by atoms with Gasteiger partial charge in [-0.05, 0) is 49.6 Å². The predicted molar refractivity (Wildman–Crippen MR) is 62.8 cm³/mol. The number of hydrogen-bond acceptors (Lipinski definition) is 2. The van der Waals surface area contributed by atoms with Gasteiger partial charge in [0.1, 0.15) is 0 Å². The van der Waals surface area contributed by atoms with Crippen molar-refractivity contribution in [2.75, 3.05) is 7.05 Å². The molecule has 0 spiro atoms. The van der Waals surface area contributed by atoms with Crippen LogP contribution in [0.25, 0.3) is 0 Å². The third kappa shape index (κ3) is 2.18. The van der Waals surface area contributed by atoms with E-state index in [1.165, 1.54) is 25.7 Å². The molecule has 1 saturated carbocycles. The Balaban J connectivity index is 1.97. The topological polar surface area (TPSA) is 12.0 Å². The lowest BCUT2D eigenvalue weighted by atomic mass is 9.84. The van der Waals surface area contributed by atoms with Crippen LogP contribution in [-0.4, -0.2) is 13.1 Å². The van der Waals surface area contributed by atoms with Gasteiger partial charge in [-0.25, -0.2) is 0 Å². The molecular weight excluding hydrogens is 190 g/mol. The van der Waals surface area contributed by atoms with Crippen LogP contribution in [0.3, 0.4) is 0 Å². The van der Waals surface area contributed by atoms with Crippen molar-refractivity contribution in [2.24, 2.45) is 5.41 Å². The van der Waals surface area contributed by atoms with Crippen molar-refractivity contribution in [3.8, 4) is 0 Å². The zero-order valence-electron chi connectivity index (χ0n) is 9.05. The van der Waals surface area contributed by atoms with Crippen LogP contribution < -0.4 is 5.32 Å². The summed E-state index contributed by atoms with van der Waals surface area (Å²) in [6.45, 7) is 2.43. The monoisotopic (exact) mass is 209 g/mol. The Labute approximate surface area is 90.5 Å². The van der Waals surface area contributed by atoms with E-state index in [0.29, 0.717) is 5.41 Å². The Morgan fingerprint density at radius 1 is 1.64 bits per heavy atom. The second-order valence-electron chi connectivity index (χ2n) is 4.80. The highest BCUT2D eigenvalue weighted by Crippen LogP contribution is 2.41. The number of hydrogen-bond donors (Lipinski definition) is 1. The molecule has 2 heteroatoms. The average Bonchev–Trinajstić information content (AvgIpc) is 2.76. The first-order valence-electron chi connectivity index (χ1n) is 5.41. The molecule has 1 aliphatic carbocycles. The first kappa shape index (κ1) is 10.2. The molecule has 2 atom stereocenters. The average molecular weight is 209 g/mol. The molecular formula is C12H19NS. The number of nitrogens with one attached hydrogen (secondary N) is 1. The minimum Gasteiger partial charge on any atom is -0.317 e. The first-order chi connectivity index (χ1) is 6.72. The Bertz CT molecular complexity index is 281. The molecule has 14 heavy (non-hydrogen) atoms. The van der Waals surface area contributed by atoms with Crippen molar-refractivity contribution in [1.82, 2.24) is 5.32 Å². The van der Waals surface area contributed by atoms with E-state index in [2.05, 4.69) is 36.8 Å². The van der Waals surface area contributed by atoms with Crippen LogP contribution >= 0.6 is 11.3 Å². The Morgan fingerprint density at radius 2 is 2.50 bits per heavy atom. The zero-order valence-corrected chi connectivity index (χ0v) is 9.86. The highest BCUT2D eigenvalue weighted by molar-refractivity contribution is 7.09. The molecule has 0 bridgehead atoms. The highest BCUT2D eigenvalue weighted by Gasteiger charge is 2.34. The standard InChI is InChI=1S/C12H19NS/c1-12(6-5-10(8-12)13-2)9-11-4-3-7-14-11/h3-4,7,10,13H,5-6,8-9H2,1-2H3. The summed E-state index contributed by atoms with van der Waals surface area (Å²) in [5, 5.41) is 5.59. The fraction of sp³-hybridized carbons (Fsp3) is 0.667. The SMILES string of the molecule is CNC1CCC(C)(Cc2cccs2)C1. The van der Waals surface area contributed by atoms with Gasteiger partial charge in [-0.15, -0.1) is 11.3 Å². The number of thiophene rings is 1. The summed E-state index contributed by atoms with van der Waals surface area (Å²) >= 11 is 1.90. The molecule has 0 aromatic carbocycles. The van der Waals surface area contributed by atoms with E-state index in [1.807, 2.05) is 11.3 Å². The largest absolute Gasteiger partial charge is 0.317 e. The van der Waals surface area contributed by atoms with Crippen molar-refractivity contribution < 1.29 is 0 Å². The van der Waals surface area contributed by atoms with Crippen molar-refractivity contribution in [1.29, 1.82) is 0 Å². The molecule has 0 radical (unpaired) electrons. The summed E-state index contributed by atoms with van der Waals surface area (Å²) in [6.07, 6.45) is 5.32. The summed E-state index contributed by atoms with van der Waals surface area (Å²) in [6, 6.07) is 5.18. The summed E-state index contributed by atoms with van der Waals surface area (Å²) < 4.78 is 0. The maximum Gasteiger partial charge on any atom is 0.00695 e. The lowest BCUT2D eigenvalue weighted by molar-refractivity contribution is 0.327. The van der Waals surface area contributed by atoms with Crippen LogP contribution in [0.5, 0.6) is 0 Å². The Kier molecular flexibility index (Phi) is 2.93. The van der Waals surface area contributed by atoms with E-state index in [0.717, 1.165) is 6.04 Å². The van der Waals surface area contributed by atoms with E-state index >= 15 is 0 Å². The lowest BCUT2D eigenvalue weighted by Gasteiger charge is -2.23. The molecule has 1 aromatic heterocycles. The molecule has 1 aliphatic rings. The van der Waals surface area contributed by atoms with Crippen LogP contribution in [0, 0.1) is 5.41 Å². The van der Waals surface area contributed by atoms with Crippen LogP contribution in [0.1, 0.15) is 31.1 Å². The van der Waals surface area contributed by atoms with Gasteiger partial charge in [-0.3, -0.25) is 0 Å². The van der Waals surface area contributed by atoms with Crippen LogP contribution in [0.15, 0.2) is 17.5 Å². The van der Waals surface area contributed by atoms with Crippen molar-refractivity contribution in [3.63, 3.8) is 0 Å². The fourth-order valence-electron chi connectivity index (χ4n) is 2.56. The quantitative estimate of drug-likeness (QED) is 0.806. The summed E-state index contributed by atoms with van der Waals surface area (Å²) in [5.41, 5.74) is 0.540. The minimum absolute atomic E-state index is 0.540. The van der Waals surface area contributed by atoms with Crippen molar-refractivity contribution >= 4 is 11.3 Å². The van der Waals surface area contributed by atoms with Gasteiger partial charge >= 0.3 is 0 Å². The van der Waals surface area contributed by atoms with Crippen molar-refractivity contribution in [3.05, 3.63) is 22.4 Å². The molecule has 1 N–H and O–H groups in total. The van der Waals surface area contributed by atoms with Gasteiger partial charge in [0.2, 0.25) is 0 Å². The van der Waals surface area contributed by atoms with Crippen LogP contribution in [0.4, 0.5) is 0 Å². The molecule has 0 aliphatic heterocycles. The molecule has 0 saturated heterocycles. The summed E-state index contributed by atoms with van der Waals surface area (Å²) in [4.78, 5) is 1.55. The highest BCUT2D eigenvalue weighted by atomic mass is 32.1. The second-order valence-corrected chi connectivity index (χ2v) is 5.83. The molecule has 1 nitrogen and oxygen atoms in total. The Hall–Kier alpha value is -0.340. The first-order valence-corrected chi connectivity index (χ1v) is 6.29. The van der Waals surface area contributed by atoms with E-state index in [-0.39, 0.29) is 0 Å². The van der Waals surface area contributed by atoms with E-state index in [1.54, 1.807) is 4.88 Å². The van der Waals surface area contributed by atoms with Crippen molar-refractivity contribution in [2.45, 2.75) is 38.6 Å². The van der Waals surface area contributed by atoms with Gasteiger partial charge < -0.3 is 5.32 Å². The second kappa shape index (κ2) is 4.03. The molecule has 78 valence electrons. The normalized spacial score (nSPS) is 32.3. The van der Waals surface area contributed by atoms with E-state index < -0.39 is 0 Å². The lowest BCUT2D eigenvalue weighted by Crippen LogP contribution is -2.24. The van der Waals surface area contributed by atoms with Crippen LogP contribution in [-0.2, 0) is 6.42 Å². The van der Waals surface area contributed by atoms with E-state index in [4.69, 9.17) is 0 Å². The molecule has 1 heterocycles. The van der Waals surface area contributed by atoms with Gasteiger partial charge in [0.15, 0.2) is 0 Å². The predicted octanol–water partition coefficient (Wildman–Crippen LogP) is 3.07. The summed E-state index contributed by atoms with van der Waals surface area (Å²) in [5.74, 6) is 0. The zero-order chi connectivity index (χ0) is 10.0. The smallest absolute Gasteiger partial charge is 0.00695 e. The molecule has 2 rings (SSSR count). The third-order valence-electron chi connectivity index (χ3n) is 3.42. The Morgan fingerprint density at radius 3 is 3.07 bits per heavy atom. The van der Waals surface area contributed by atoms with Gasteiger partial charge in [-0.1, -0.05) is 13.0 Å². The minimum atomic E-state index is 0.540. The van der Waals surface area contributed by atoms with Gasteiger partial charge in [0, 0.05) is 10.9 Å². The summed E-state index contributed by atoms with van der Waals surface area (Å²) in [7, 11) is 2.08. The molecule has 1 aromatic rings. The number of rotatable bonds is 3. The van der Waals surface area contributed by atoms with Crippen LogP contribution in [0.2, 0.25) is 0 Å². The molecule has 0 amide bonds. The fourth-order valence-corrected chi connectivity index (χ4v) is 3.48. The van der Waals surface area contributed by atoms with Gasteiger partial charge in [0.05, 0.1) is 0 Å². The molecule has 1 fully saturated rings. The van der Waals surface area contributed by atoms with E-state index in [9.17, 15) is 0 Å². The third-order valence-corrected chi connectivity index (χ3v) is 4.30. The maximum atomic E-state index is 3.40. The maximum absolute atomic E-state index is 3.40. The van der Waals surface area contributed by atoms with Gasteiger partial charge in [-0.2, -0.15) is 0 Å².